The normalized spacial score (nSPS) is 25.2. The molecule has 0 aliphatic carbocycles. The first-order valence-corrected chi connectivity index (χ1v) is 8.21. The molecule has 3 heterocycles. The van der Waals surface area contributed by atoms with Crippen LogP contribution in [0.4, 0.5) is 5.13 Å². The summed E-state index contributed by atoms with van der Waals surface area (Å²) in [7, 11) is 0. The Bertz CT molecular complexity index is 423. The quantitative estimate of drug-likeness (QED) is 0.782. The van der Waals surface area contributed by atoms with Gasteiger partial charge in [-0.15, -0.1) is 11.6 Å². The van der Waals surface area contributed by atoms with Gasteiger partial charge in [0.2, 0.25) is 0 Å². The van der Waals surface area contributed by atoms with Gasteiger partial charge in [0.05, 0.1) is 10.8 Å². The number of aromatic nitrogens is 1. The number of halogens is 2. The van der Waals surface area contributed by atoms with Crippen molar-refractivity contribution in [2.24, 2.45) is 0 Å². The molecule has 0 aromatic carbocycles. The van der Waals surface area contributed by atoms with E-state index in [9.17, 15) is 0 Å². The van der Waals surface area contributed by atoms with Crippen molar-refractivity contribution >= 4 is 39.7 Å². The number of alkyl halides is 1. The van der Waals surface area contributed by atoms with Gasteiger partial charge in [0.15, 0.2) is 5.13 Å². The van der Waals surface area contributed by atoms with Crippen molar-refractivity contribution in [3.8, 4) is 0 Å². The molecule has 1 aromatic heterocycles. The van der Waals surface area contributed by atoms with Crippen LogP contribution < -0.4 is 4.90 Å². The molecule has 1 aromatic rings. The van der Waals surface area contributed by atoms with Crippen molar-refractivity contribution in [1.29, 1.82) is 0 Å². The fourth-order valence-electron chi connectivity index (χ4n) is 2.92. The number of rotatable bonds is 2. The lowest BCUT2D eigenvalue weighted by atomic mass is 10.2. The third-order valence-corrected chi connectivity index (χ3v) is 5.80. The summed E-state index contributed by atoms with van der Waals surface area (Å²) >= 11 is 13.6. The van der Waals surface area contributed by atoms with E-state index in [1.54, 1.807) is 11.3 Å². The van der Waals surface area contributed by atoms with Crippen molar-refractivity contribution in [2.45, 2.75) is 31.2 Å². The van der Waals surface area contributed by atoms with Crippen LogP contribution >= 0.6 is 34.5 Å². The van der Waals surface area contributed by atoms with Gasteiger partial charge in [-0.1, -0.05) is 22.9 Å². The lowest BCUT2D eigenvalue weighted by Crippen LogP contribution is -2.36. The molecule has 1 atom stereocenters. The maximum atomic E-state index is 6.09. The molecule has 0 bridgehead atoms. The van der Waals surface area contributed by atoms with Crippen LogP contribution in [0.15, 0.2) is 0 Å². The lowest BCUT2D eigenvalue weighted by molar-refractivity contribution is 0.273. The van der Waals surface area contributed by atoms with Crippen molar-refractivity contribution in [1.82, 2.24) is 9.88 Å². The molecular formula is C12H17Cl2N3S. The molecule has 0 amide bonds. The van der Waals surface area contributed by atoms with Crippen molar-refractivity contribution in [3.63, 3.8) is 0 Å². The zero-order chi connectivity index (χ0) is 12.5. The maximum absolute atomic E-state index is 6.09. The van der Waals surface area contributed by atoms with Gasteiger partial charge in [0.25, 0.3) is 0 Å². The van der Waals surface area contributed by atoms with Crippen LogP contribution in [0.5, 0.6) is 0 Å². The Morgan fingerprint density at radius 3 is 2.89 bits per heavy atom. The topological polar surface area (TPSA) is 19.4 Å². The summed E-state index contributed by atoms with van der Waals surface area (Å²) in [4.78, 5) is 10.5. The van der Waals surface area contributed by atoms with Crippen LogP contribution in [0, 0.1) is 0 Å². The van der Waals surface area contributed by atoms with E-state index in [1.807, 2.05) is 0 Å². The summed E-state index contributed by atoms with van der Waals surface area (Å²) < 4.78 is 0. The van der Waals surface area contributed by atoms with Gasteiger partial charge in [-0.25, -0.2) is 4.98 Å². The zero-order valence-electron chi connectivity index (χ0n) is 10.2. The molecule has 0 N–H and O–H groups in total. The Labute approximate surface area is 122 Å². The minimum atomic E-state index is 0.458. The molecule has 3 rings (SSSR count). The van der Waals surface area contributed by atoms with Crippen molar-refractivity contribution < 1.29 is 0 Å². The van der Waals surface area contributed by atoms with Crippen LogP contribution in [0.1, 0.15) is 24.1 Å². The second-order valence-electron chi connectivity index (χ2n) is 4.98. The highest BCUT2D eigenvalue weighted by molar-refractivity contribution is 7.16. The molecule has 100 valence electrons. The van der Waals surface area contributed by atoms with E-state index in [0.717, 1.165) is 23.1 Å². The summed E-state index contributed by atoms with van der Waals surface area (Å²) in [5.41, 5.74) is 0. The number of hydrogen-bond acceptors (Lipinski definition) is 4. The van der Waals surface area contributed by atoms with Gasteiger partial charge in [0, 0.05) is 25.7 Å². The fourth-order valence-corrected chi connectivity index (χ4v) is 4.43. The SMILES string of the molecule is ClCc1sc(N2CCCN3CCCC3C2)nc1Cl. The third-order valence-electron chi connectivity index (χ3n) is 3.83. The first-order valence-electron chi connectivity index (χ1n) is 6.48. The van der Waals surface area contributed by atoms with E-state index in [1.165, 1.54) is 32.4 Å². The Balaban J connectivity index is 1.78. The van der Waals surface area contributed by atoms with Crippen LogP contribution in [0.25, 0.3) is 0 Å². The van der Waals surface area contributed by atoms with E-state index in [4.69, 9.17) is 23.2 Å². The monoisotopic (exact) mass is 305 g/mol. The van der Waals surface area contributed by atoms with Crippen molar-refractivity contribution in [3.05, 3.63) is 10.0 Å². The summed E-state index contributed by atoms with van der Waals surface area (Å²) in [6.45, 7) is 4.66. The van der Waals surface area contributed by atoms with Crippen LogP contribution in [-0.4, -0.2) is 42.1 Å². The van der Waals surface area contributed by atoms with Crippen LogP contribution in [0.3, 0.4) is 0 Å². The minimum absolute atomic E-state index is 0.458. The predicted octanol–water partition coefficient (Wildman–Crippen LogP) is 3.21. The predicted molar refractivity (Wildman–Crippen MR) is 78.1 cm³/mol. The second-order valence-corrected chi connectivity index (χ2v) is 6.66. The van der Waals surface area contributed by atoms with Crippen LogP contribution in [-0.2, 0) is 5.88 Å². The summed E-state index contributed by atoms with van der Waals surface area (Å²) in [6, 6.07) is 0.703. The highest BCUT2D eigenvalue weighted by Gasteiger charge is 2.29. The van der Waals surface area contributed by atoms with Gasteiger partial charge >= 0.3 is 0 Å². The smallest absolute Gasteiger partial charge is 0.187 e. The molecule has 1 unspecified atom stereocenters. The molecule has 0 spiro atoms. The lowest BCUT2D eigenvalue weighted by Gasteiger charge is -2.25. The number of fused-ring (bicyclic) bond motifs is 1. The Kier molecular flexibility index (Phi) is 3.99. The van der Waals surface area contributed by atoms with Gasteiger partial charge in [-0.3, -0.25) is 4.90 Å². The number of anilines is 1. The summed E-state index contributed by atoms with van der Waals surface area (Å²) in [5.74, 6) is 0.458. The molecular weight excluding hydrogens is 289 g/mol. The number of hydrogen-bond donors (Lipinski definition) is 0. The molecule has 6 heteroatoms. The molecule has 2 fully saturated rings. The van der Waals surface area contributed by atoms with E-state index >= 15 is 0 Å². The van der Waals surface area contributed by atoms with E-state index in [2.05, 4.69) is 14.8 Å². The maximum Gasteiger partial charge on any atom is 0.187 e. The average molecular weight is 306 g/mol. The van der Waals surface area contributed by atoms with Gasteiger partial charge in [-0.2, -0.15) is 0 Å². The Morgan fingerprint density at radius 1 is 1.28 bits per heavy atom. The molecule has 2 saturated heterocycles. The number of thiazole rings is 1. The van der Waals surface area contributed by atoms with E-state index in [-0.39, 0.29) is 0 Å². The largest absolute Gasteiger partial charge is 0.346 e. The van der Waals surface area contributed by atoms with E-state index < -0.39 is 0 Å². The first kappa shape index (κ1) is 13.0. The molecule has 3 nitrogen and oxygen atoms in total. The highest BCUT2D eigenvalue weighted by atomic mass is 35.5. The molecule has 0 saturated carbocycles. The molecule has 2 aliphatic rings. The van der Waals surface area contributed by atoms with Gasteiger partial charge in [-0.05, 0) is 25.8 Å². The van der Waals surface area contributed by atoms with Crippen LogP contribution in [0.2, 0.25) is 5.15 Å². The molecule has 0 radical (unpaired) electrons. The third kappa shape index (κ3) is 2.48. The van der Waals surface area contributed by atoms with Gasteiger partial charge in [0.1, 0.15) is 5.15 Å². The zero-order valence-corrected chi connectivity index (χ0v) is 12.6. The second kappa shape index (κ2) is 5.53. The molecule has 2 aliphatic heterocycles. The fraction of sp³-hybridized carbons (Fsp3) is 0.750. The van der Waals surface area contributed by atoms with Crippen molar-refractivity contribution in [2.75, 3.05) is 31.1 Å². The number of nitrogens with zero attached hydrogens (tertiary/aromatic N) is 3. The molecule has 18 heavy (non-hydrogen) atoms. The van der Waals surface area contributed by atoms with E-state index in [0.29, 0.717) is 17.1 Å². The Morgan fingerprint density at radius 2 is 2.11 bits per heavy atom. The Hall–Kier alpha value is -0.0300. The summed E-state index contributed by atoms with van der Waals surface area (Å²) in [5, 5.41) is 1.63. The standard InChI is InChI=1S/C12H17Cl2N3S/c13-7-10-11(14)15-12(18-10)17-6-2-5-16-4-1-3-9(16)8-17/h9H,1-8H2. The average Bonchev–Trinajstić information content (AvgIpc) is 2.90. The van der Waals surface area contributed by atoms with Gasteiger partial charge < -0.3 is 4.90 Å². The summed E-state index contributed by atoms with van der Waals surface area (Å²) in [6.07, 6.45) is 3.87. The highest BCUT2D eigenvalue weighted by Crippen LogP contribution is 2.33. The minimum Gasteiger partial charge on any atom is -0.346 e. The first-order chi connectivity index (χ1) is 8.78.